The number of piperazine rings is 1. The number of aromatic nitrogens is 2. The first kappa shape index (κ1) is 19.3. The monoisotopic (exact) mass is 460 g/mol. The molecule has 0 amide bonds. The third kappa shape index (κ3) is 3.77. The van der Waals surface area contributed by atoms with Gasteiger partial charge in [0.15, 0.2) is 0 Å². The van der Waals surface area contributed by atoms with Gasteiger partial charge in [-0.1, -0.05) is 29.8 Å². The fourth-order valence-electron chi connectivity index (χ4n) is 3.67. The molecule has 1 saturated heterocycles. The molecule has 7 heteroatoms. The predicted molar refractivity (Wildman–Crippen MR) is 118 cm³/mol. The standard InChI is InChI=1S/C21H22BrClN4O/c1-24-19(20(22)21(28)27(24)18-5-3-2-4-6-18)15-25-11-13-26(14-12-25)17-9-7-16(23)8-10-17/h2-10H,11-15H2,1H3. The first-order chi connectivity index (χ1) is 13.5. The summed E-state index contributed by atoms with van der Waals surface area (Å²) in [4.78, 5) is 17.5. The molecule has 0 aliphatic carbocycles. The lowest BCUT2D eigenvalue weighted by atomic mass is 10.2. The molecule has 146 valence electrons. The van der Waals surface area contributed by atoms with E-state index in [1.54, 1.807) is 4.68 Å². The third-order valence-corrected chi connectivity index (χ3v) is 6.31. The van der Waals surface area contributed by atoms with Crippen LogP contribution in [0.5, 0.6) is 0 Å². The maximum Gasteiger partial charge on any atom is 0.286 e. The van der Waals surface area contributed by atoms with Gasteiger partial charge < -0.3 is 4.90 Å². The molecule has 1 aliphatic heterocycles. The summed E-state index contributed by atoms with van der Waals surface area (Å²) in [7, 11) is 1.94. The number of halogens is 2. The Hall–Kier alpha value is -2.02. The zero-order valence-electron chi connectivity index (χ0n) is 15.7. The molecule has 28 heavy (non-hydrogen) atoms. The summed E-state index contributed by atoms with van der Waals surface area (Å²) in [6.45, 7) is 4.53. The number of hydrogen-bond donors (Lipinski definition) is 0. The van der Waals surface area contributed by atoms with Crippen molar-refractivity contribution in [2.45, 2.75) is 6.54 Å². The van der Waals surface area contributed by atoms with Crippen molar-refractivity contribution in [1.82, 2.24) is 14.3 Å². The van der Waals surface area contributed by atoms with Crippen LogP contribution in [0.4, 0.5) is 5.69 Å². The Morgan fingerprint density at radius 2 is 1.57 bits per heavy atom. The van der Waals surface area contributed by atoms with E-state index in [4.69, 9.17) is 11.6 Å². The molecular formula is C21H22BrClN4O. The van der Waals surface area contributed by atoms with Crippen LogP contribution in [0.15, 0.2) is 63.9 Å². The maximum absolute atomic E-state index is 12.8. The third-order valence-electron chi connectivity index (χ3n) is 5.26. The van der Waals surface area contributed by atoms with Crippen molar-refractivity contribution < 1.29 is 0 Å². The smallest absolute Gasteiger partial charge is 0.286 e. The molecule has 5 nitrogen and oxygen atoms in total. The topological polar surface area (TPSA) is 33.4 Å². The normalized spacial score (nSPS) is 15.2. The number of benzene rings is 2. The molecule has 0 spiro atoms. The van der Waals surface area contributed by atoms with Gasteiger partial charge in [-0.2, -0.15) is 0 Å². The van der Waals surface area contributed by atoms with Gasteiger partial charge in [0.2, 0.25) is 0 Å². The molecule has 2 aromatic carbocycles. The van der Waals surface area contributed by atoms with Gasteiger partial charge in [-0.3, -0.25) is 14.4 Å². The van der Waals surface area contributed by atoms with Gasteiger partial charge >= 0.3 is 0 Å². The Bertz CT molecular complexity index is 1010. The number of rotatable bonds is 4. The van der Waals surface area contributed by atoms with Crippen molar-refractivity contribution in [1.29, 1.82) is 0 Å². The van der Waals surface area contributed by atoms with Gasteiger partial charge in [0.1, 0.15) is 4.47 Å². The summed E-state index contributed by atoms with van der Waals surface area (Å²) in [5.74, 6) is 0. The summed E-state index contributed by atoms with van der Waals surface area (Å²) >= 11 is 9.52. The Labute approximate surface area is 177 Å². The molecule has 0 bridgehead atoms. The van der Waals surface area contributed by atoms with E-state index in [9.17, 15) is 4.79 Å². The molecular weight excluding hydrogens is 440 g/mol. The number of hydrogen-bond acceptors (Lipinski definition) is 3. The lowest BCUT2D eigenvalue weighted by Crippen LogP contribution is -2.46. The van der Waals surface area contributed by atoms with Crippen molar-refractivity contribution in [2.75, 3.05) is 31.1 Å². The number of para-hydroxylation sites is 1. The quantitative estimate of drug-likeness (QED) is 0.591. The zero-order chi connectivity index (χ0) is 19.7. The van der Waals surface area contributed by atoms with Crippen LogP contribution in [0.25, 0.3) is 5.69 Å². The van der Waals surface area contributed by atoms with E-state index in [0.29, 0.717) is 4.47 Å². The van der Waals surface area contributed by atoms with Crippen LogP contribution in [0.3, 0.4) is 0 Å². The number of anilines is 1. The van der Waals surface area contributed by atoms with Crippen LogP contribution >= 0.6 is 27.5 Å². The Balaban J connectivity index is 1.49. The summed E-state index contributed by atoms with van der Waals surface area (Å²) in [5.41, 5.74) is 3.04. The SMILES string of the molecule is Cn1c(CN2CCN(c3ccc(Cl)cc3)CC2)c(Br)c(=O)n1-c1ccccc1. The summed E-state index contributed by atoms with van der Waals surface area (Å²) in [5, 5.41) is 0.760. The van der Waals surface area contributed by atoms with Crippen molar-refractivity contribution >= 4 is 33.2 Å². The molecule has 0 saturated carbocycles. The summed E-state index contributed by atoms with van der Waals surface area (Å²) in [6, 6.07) is 17.7. The summed E-state index contributed by atoms with van der Waals surface area (Å²) < 4.78 is 4.30. The molecule has 0 atom stereocenters. The predicted octanol–water partition coefficient (Wildman–Crippen LogP) is 3.91. The van der Waals surface area contributed by atoms with Crippen LogP contribution in [0, 0.1) is 0 Å². The second-order valence-corrected chi connectivity index (χ2v) is 8.21. The van der Waals surface area contributed by atoms with Crippen LogP contribution in [0.2, 0.25) is 5.02 Å². The Kier molecular flexibility index (Phi) is 5.62. The van der Waals surface area contributed by atoms with Gasteiger partial charge in [0, 0.05) is 50.5 Å². The highest BCUT2D eigenvalue weighted by molar-refractivity contribution is 9.10. The zero-order valence-corrected chi connectivity index (χ0v) is 18.0. The lowest BCUT2D eigenvalue weighted by molar-refractivity contribution is 0.242. The first-order valence-corrected chi connectivity index (χ1v) is 10.5. The largest absolute Gasteiger partial charge is 0.369 e. The highest BCUT2D eigenvalue weighted by Crippen LogP contribution is 2.22. The van der Waals surface area contributed by atoms with E-state index in [1.165, 1.54) is 5.69 Å². The molecule has 0 N–H and O–H groups in total. The van der Waals surface area contributed by atoms with Gasteiger partial charge in [-0.15, -0.1) is 0 Å². The van der Waals surface area contributed by atoms with E-state index in [1.807, 2.05) is 54.2 Å². The maximum atomic E-state index is 12.8. The van der Waals surface area contributed by atoms with Crippen LogP contribution < -0.4 is 10.5 Å². The Morgan fingerprint density at radius 1 is 0.929 bits per heavy atom. The van der Waals surface area contributed by atoms with Crippen molar-refractivity contribution in [3.8, 4) is 5.69 Å². The van der Waals surface area contributed by atoms with E-state index in [-0.39, 0.29) is 5.56 Å². The van der Waals surface area contributed by atoms with Crippen LogP contribution in [-0.4, -0.2) is 40.4 Å². The molecule has 0 radical (unpaired) electrons. The molecule has 4 rings (SSSR count). The molecule has 3 aromatic rings. The van der Waals surface area contributed by atoms with E-state index in [0.717, 1.165) is 49.1 Å². The van der Waals surface area contributed by atoms with E-state index < -0.39 is 0 Å². The average Bonchev–Trinajstić information content (AvgIpc) is 2.93. The second kappa shape index (κ2) is 8.15. The average molecular weight is 462 g/mol. The van der Waals surface area contributed by atoms with E-state index in [2.05, 4.69) is 37.9 Å². The lowest BCUT2D eigenvalue weighted by Gasteiger charge is -2.36. The van der Waals surface area contributed by atoms with Gasteiger partial charge in [-0.25, -0.2) is 4.68 Å². The van der Waals surface area contributed by atoms with Crippen molar-refractivity contribution in [2.24, 2.45) is 7.05 Å². The fraction of sp³-hybridized carbons (Fsp3) is 0.286. The molecule has 2 heterocycles. The molecule has 1 aromatic heterocycles. The second-order valence-electron chi connectivity index (χ2n) is 6.98. The minimum absolute atomic E-state index is 0.0245. The van der Waals surface area contributed by atoms with Gasteiger partial charge in [0.25, 0.3) is 5.56 Å². The van der Waals surface area contributed by atoms with Gasteiger partial charge in [-0.05, 0) is 52.3 Å². The highest BCUT2D eigenvalue weighted by Gasteiger charge is 2.22. The van der Waals surface area contributed by atoms with E-state index >= 15 is 0 Å². The molecule has 0 unspecified atom stereocenters. The highest BCUT2D eigenvalue weighted by atomic mass is 79.9. The van der Waals surface area contributed by atoms with Crippen LogP contribution in [0.1, 0.15) is 5.69 Å². The number of nitrogens with zero attached hydrogens (tertiary/aromatic N) is 4. The summed E-state index contributed by atoms with van der Waals surface area (Å²) in [6.07, 6.45) is 0. The Morgan fingerprint density at radius 3 is 2.21 bits per heavy atom. The minimum atomic E-state index is -0.0245. The van der Waals surface area contributed by atoms with Gasteiger partial charge in [0.05, 0.1) is 11.4 Å². The first-order valence-electron chi connectivity index (χ1n) is 9.29. The van der Waals surface area contributed by atoms with Crippen LogP contribution in [-0.2, 0) is 13.6 Å². The minimum Gasteiger partial charge on any atom is -0.369 e. The fourth-order valence-corrected chi connectivity index (χ4v) is 4.35. The van der Waals surface area contributed by atoms with Crippen molar-refractivity contribution in [3.05, 3.63) is 80.1 Å². The molecule has 1 fully saturated rings. The molecule has 1 aliphatic rings. The van der Waals surface area contributed by atoms with Crippen molar-refractivity contribution in [3.63, 3.8) is 0 Å².